The Morgan fingerprint density at radius 2 is 1.82 bits per heavy atom. The zero-order valence-electron chi connectivity index (χ0n) is 10.9. The topological polar surface area (TPSA) is 52.5 Å². The number of hydrogen-bond donors (Lipinski definition) is 3. The molecule has 3 nitrogen and oxygen atoms in total. The van der Waals surface area contributed by atoms with E-state index in [1.165, 1.54) is 0 Å². The van der Waals surface area contributed by atoms with Gasteiger partial charge in [-0.25, -0.2) is 0 Å². The molecular formula is C14H23NO2. The van der Waals surface area contributed by atoms with E-state index in [0.29, 0.717) is 6.54 Å². The number of hydrogen-bond acceptors (Lipinski definition) is 3. The zero-order valence-corrected chi connectivity index (χ0v) is 10.9. The lowest BCUT2D eigenvalue weighted by atomic mass is 9.94. The van der Waals surface area contributed by atoms with E-state index < -0.39 is 5.60 Å². The fourth-order valence-corrected chi connectivity index (χ4v) is 1.85. The normalized spacial score (nSPS) is 13.6. The summed E-state index contributed by atoms with van der Waals surface area (Å²) in [5.41, 5.74) is 0.389. The molecule has 3 heteroatoms. The lowest BCUT2D eigenvalue weighted by Gasteiger charge is -2.30. The molecule has 17 heavy (non-hydrogen) atoms. The maximum atomic E-state index is 10.0. The van der Waals surface area contributed by atoms with Crippen molar-refractivity contribution in [2.24, 2.45) is 0 Å². The number of rotatable bonds is 6. The standard InChI is InChI=1S/C14H23NO2/c1-4-5-13(14(2,3)17)15-10-11-6-8-12(16)9-7-11/h6-9,13,15-17H,4-5,10H2,1-3H3. The predicted octanol–water partition coefficient (Wildman–Crippen LogP) is 2.42. The highest BCUT2D eigenvalue weighted by Crippen LogP contribution is 2.15. The van der Waals surface area contributed by atoms with Gasteiger partial charge in [-0.1, -0.05) is 25.5 Å². The Hall–Kier alpha value is -1.06. The quantitative estimate of drug-likeness (QED) is 0.712. The first kappa shape index (κ1) is 14.0. The Kier molecular flexibility index (Phi) is 4.97. The van der Waals surface area contributed by atoms with Crippen molar-refractivity contribution in [3.8, 4) is 5.75 Å². The van der Waals surface area contributed by atoms with Crippen LogP contribution in [-0.2, 0) is 6.54 Å². The van der Waals surface area contributed by atoms with Crippen LogP contribution >= 0.6 is 0 Å². The highest BCUT2D eigenvalue weighted by molar-refractivity contribution is 5.25. The molecule has 1 aromatic rings. The number of aromatic hydroxyl groups is 1. The van der Waals surface area contributed by atoms with Crippen molar-refractivity contribution in [2.45, 2.75) is 51.8 Å². The van der Waals surface area contributed by atoms with Crippen LogP contribution in [0.1, 0.15) is 39.2 Å². The maximum absolute atomic E-state index is 10.0. The Labute approximate surface area is 103 Å². The van der Waals surface area contributed by atoms with E-state index in [9.17, 15) is 10.2 Å². The molecule has 0 aliphatic rings. The fraction of sp³-hybridized carbons (Fsp3) is 0.571. The van der Waals surface area contributed by atoms with Gasteiger partial charge in [0.05, 0.1) is 5.60 Å². The Morgan fingerprint density at radius 3 is 2.29 bits per heavy atom. The van der Waals surface area contributed by atoms with Gasteiger partial charge in [0.25, 0.3) is 0 Å². The van der Waals surface area contributed by atoms with Crippen LogP contribution in [0.3, 0.4) is 0 Å². The molecule has 0 saturated carbocycles. The van der Waals surface area contributed by atoms with E-state index in [4.69, 9.17) is 0 Å². The third-order valence-corrected chi connectivity index (χ3v) is 2.92. The van der Waals surface area contributed by atoms with Crippen LogP contribution in [0.2, 0.25) is 0 Å². The van der Waals surface area contributed by atoms with Crippen LogP contribution < -0.4 is 5.32 Å². The van der Waals surface area contributed by atoms with E-state index in [1.54, 1.807) is 12.1 Å². The van der Waals surface area contributed by atoms with Gasteiger partial charge < -0.3 is 15.5 Å². The fourth-order valence-electron chi connectivity index (χ4n) is 1.85. The van der Waals surface area contributed by atoms with Crippen molar-refractivity contribution >= 4 is 0 Å². The van der Waals surface area contributed by atoms with E-state index in [2.05, 4.69) is 12.2 Å². The average molecular weight is 237 g/mol. The minimum Gasteiger partial charge on any atom is -0.508 e. The van der Waals surface area contributed by atoms with Gasteiger partial charge in [0, 0.05) is 12.6 Å². The van der Waals surface area contributed by atoms with Crippen molar-refractivity contribution in [3.63, 3.8) is 0 Å². The average Bonchev–Trinajstić information content (AvgIpc) is 2.25. The van der Waals surface area contributed by atoms with Gasteiger partial charge in [0.2, 0.25) is 0 Å². The molecule has 1 atom stereocenters. The maximum Gasteiger partial charge on any atom is 0.115 e. The molecular weight excluding hydrogens is 214 g/mol. The molecule has 0 heterocycles. The SMILES string of the molecule is CCCC(NCc1ccc(O)cc1)C(C)(C)O. The summed E-state index contributed by atoms with van der Waals surface area (Å²) in [6, 6.07) is 7.21. The highest BCUT2D eigenvalue weighted by atomic mass is 16.3. The van der Waals surface area contributed by atoms with Crippen molar-refractivity contribution in [1.29, 1.82) is 0 Å². The zero-order chi connectivity index (χ0) is 12.9. The number of aliphatic hydroxyl groups is 1. The molecule has 0 aliphatic heterocycles. The summed E-state index contributed by atoms with van der Waals surface area (Å²) >= 11 is 0. The molecule has 0 amide bonds. The molecule has 0 aromatic heterocycles. The molecule has 0 bridgehead atoms. The summed E-state index contributed by atoms with van der Waals surface area (Å²) < 4.78 is 0. The second kappa shape index (κ2) is 6.03. The van der Waals surface area contributed by atoms with Crippen molar-refractivity contribution in [3.05, 3.63) is 29.8 Å². The van der Waals surface area contributed by atoms with Crippen molar-refractivity contribution in [1.82, 2.24) is 5.32 Å². The molecule has 1 aromatic carbocycles. The summed E-state index contributed by atoms with van der Waals surface area (Å²) in [4.78, 5) is 0. The first-order valence-corrected chi connectivity index (χ1v) is 6.17. The largest absolute Gasteiger partial charge is 0.508 e. The second-order valence-corrected chi connectivity index (χ2v) is 5.04. The molecule has 0 spiro atoms. The van der Waals surface area contributed by atoms with Crippen molar-refractivity contribution in [2.75, 3.05) is 0 Å². The molecule has 1 rings (SSSR count). The van der Waals surface area contributed by atoms with Crippen LogP contribution in [0.15, 0.2) is 24.3 Å². The predicted molar refractivity (Wildman–Crippen MR) is 69.9 cm³/mol. The minimum atomic E-state index is -0.715. The Bertz CT molecular complexity index is 327. The van der Waals surface area contributed by atoms with Gasteiger partial charge in [-0.15, -0.1) is 0 Å². The molecule has 0 aliphatic carbocycles. The molecule has 0 radical (unpaired) electrons. The summed E-state index contributed by atoms with van der Waals surface area (Å²) in [5.74, 6) is 0.279. The molecule has 3 N–H and O–H groups in total. The smallest absolute Gasteiger partial charge is 0.115 e. The third-order valence-electron chi connectivity index (χ3n) is 2.92. The number of benzene rings is 1. The number of phenolic OH excluding ortho intramolecular Hbond substituents is 1. The van der Waals surface area contributed by atoms with Gasteiger partial charge in [-0.05, 0) is 38.0 Å². The van der Waals surface area contributed by atoms with Crippen LogP contribution in [0.4, 0.5) is 0 Å². The van der Waals surface area contributed by atoms with Gasteiger partial charge in [-0.2, -0.15) is 0 Å². The highest BCUT2D eigenvalue weighted by Gasteiger charge is 2.25. The summed E-state index contributed by atoms with van der Waals surface area (Å²) in [5, 5.41) is 22.6. The third kappa shape index (κ3) is 4.75. The van der Waals surface area contributed by atoms with Crippen LogP contribution in [-0.4, -0.2) is 21.9 Å². The monoisotopic (exact) mass is 237 g/mol. The minimum absolute atomic E-state index is 0.0845. The van der Waals surface area contributed by atoms with E-state index >= 15 is 0 Å². The van der Waals surface area contributed by atoms with Crippen LogP contribution in [0.5, 0.6) is 5.75 Å². The van der Waals surface area contributed by atoms with Gasteiger partial charge in [-0.3, -0.25) is 0 Å². The number of phenols is 1. The summed E-state index contributed by atoms with van der Waals surface area (Å²) in [6.07, 6.45) is 1.98. The lowest BCUT2D eigenvalue weighted by Crippen LogP contribution is -2.46. The van der Waals surface area contributed by atoms with E-state index in [1.807, 2.05) is 26.0 Å². The van der Waals surface area contributed by atoms with Gasteiger partial charge >= 0.3 is 0 Å². The Balaban J connectivity index is 2.54. The molecule has 96 valence electrons. The second-order valence-electron chi connectivity index (χ2n) is 5.04. The molecule has 0 saturated heterocycles. The van der Waals surface area contributed by atoms with Gasteiger partial charge in [0.1, 0.15) is 5.75 Å². The van der Waals surface area contributed by atoms with Gasteiger partial charge in [0.15, 0.2) is 0 Å². The first-order valence-electron chi connectivity index (χ1n) is 6.17. The number of nitrogens with one attached hydrogen (secondary N) is 1. The van der Waals surface area contributed by atoms with Crippen LogP contribution in [0.25, 0.3) is 0 Å². The lowest BCUT2D eigenvalue weighted by molar-refractivity contribution is 0.0334. The summed E-state index contributed by atoms with van der Waals surface area (Å²) in [6.45, 7) is 6.48. The van der Waals surface area contributed by atoms with Crippen LogP contribution in [0, 0.1) is 0 Å². The first-order chi connectivity index (χ1) is 7.93. The summed E-state index contributed by atoms with van der Waals surface area (Å²) in [7, 11) is 0. The molecule has 0 fully saturated rings. The van der Waals surface area contributed by atoms with E-state index in [-0.39, 0.29) is 11.8 Å². The Morgan fingerprint density at radius 1 is 1.24 bits per heavy atom. The van der Waals surface area contributed by atoms with E-state index in [0.717, 1.165) is 18.4 Å². The van der Waals surface area contributed by atoms with Crippen molar-refractivity contribution < 1.29 is 10.2 Å². The molecule has 1 unspecified atom stereocenters.